The molecule has 0 radical (unpaired) electrons. The summed E-state index contributed by atoms with van der Waals surface area (Å²) in [5.74, 6) is 0.0451. The van der Waals surface area contributed by atoms with Crippen molar-refractivity contribution in [1.82, 2.24) is 14.5 Å². The molecule has 1 aliphatic rings. The normalized spacial score (nSPS) is 16.9. The number of fused-ring (bicyclic) bond motifs is 1. The van der Waals surface area contributed by atoms with E-state index in [9.17, 15) is 13.2 Å². The van der Waals surface area contributed by atoms with Crippen LogP contribution in [-0.4, -0.2) is 54.5 Å². The van der Waals surface area contributed by atoms with Gasteiger partial charge in [-0.25, -0.2) is 13.4 Å². The number of hydrogen-bond donors (Lipinski definition) is 1. The Labute approximate surface area is 221 Å². The molecule has 0 spiro atoms. The number of nitrogens with zero attached hydrogens (tertiary/aromatic N) is 5. The molecule has 11 heteroatoms. The topological polar surface area (TPSA) is 111 Å². The Morgan fingerprint density at radius 1 is 1.22 bits per heavy atom. The van der Waals surface area contributed by atoms with Gasteiger partial charge in [0.2, 0.25) is 5.91 Å². The molecule has 37 heavy (non-hydrogen) atoms. The number of hydrogen-bond acceptors (Lipinski definition) is 7. The van der Waals surface area contributed by atoms with Crippen LogP contribution < -0.4 is 9.62 Å². The molecule has 1 aliphatic heterocycles. The fourth-order valence-corrected chi connectivity index (χ4v) is 6.52. The molecule has 2 unspecified atom stereocenters. The van der Waals surface area contributed by atoms with E-state index in [2.05, 4.69) is 20.7 Å². The molecule has 2 atom stereocenters. The van der Waals surface area contributed by atoms with Crippen LogP contribution in [0.4, 0.5) is 10.8 Å². The standard InChI is InChI=1S/C26H26N6O3S2.H2/c1-18-17-30(22-4-6-23(7-5-22)37(34,35)29-26-28-10-14-36-26)12-13-31(18)25(33)19(2)32-11-9-21-15-20(16-27)3-8-24(21)32;/h3-11,14-15,18-19H,12-13,17H2,1-2H3,(H,28,29);1H. The summed E-state index contributed by atoms with van der Waals surface area (Å²) in [6, 6.07) is 15.9. The van der Waals surface area contributed by atoms with Gasteiger partial charge in [-0.1, -0.05) is 0 Å². The quantitative estimate of drug-likeness (QED) is 0.393. The van der Waals surface area contributed by atoms with E-state index in [1.807, 2.05) is 47.7 Å². The monoisotopic (exact) mass is 536 g/mol. The molecule has 1 N–H and O–H groups in total. The highest BCUT2D eigenvalue weighted by Gasteiger charge is 2.31. The van der Waals surface area contributed by atoms with E-state index in [1.165, 1.54) is 11.3 Å². The SMILES string of the molecule is CC1CN(c2ccc(S(=O)(=O)Nc3nccs3)cc2)CCN1C(=O)C(C)n1ccc2cc(C#N)ccc21.[HH]. The number of rotatable bonds is 6. The molecule has 1 fully saturated rings. The third kappa shape index (κ3) is 4.90. The Bertz CT molecular complexity index is 1580. The van der Waals surface area contributed by atoms with Crippen molar-refractivity contribution in [3.8, 4) is 6.07 Å². The van der Waals surface area contributed by atoms with Gasteiger partial charge in [0.1, 0.15) is 6.04 Å². The predicted molar refractivity (Wildman–Crippen MR) is 146 cm³/mol. The van der Waals surface area contributed by atoms with E-state index in [0.717, 1.165) is 16.6 Å². The molecule has 1 amide bonds. The maximum absolute atomic E-state index is 13.5. The Morgan fingerprint density at radius 3 is 2.68 bits per heavy atom. The van der Waals surface area contributed by atoms with E-state index in [-0.39, 0.29) is 24.3 Å². The zero-order valence-electron chi connectivity index (χ0n) is 20.4. The fraction of sp³-hybridized carbons (Fsp3) is 0.269. The zero-order chi connectivity index (χ0) is 26.2. The lowest BCUT2D eigenvalue weighted by atomic mass is 10.1. The van der Waals surface area contributed by atoms with Crippen LogP contribution in [0.1, 0.15) is 26.9 Å². The van der Waals surface area contributed by atoms with Gasteiger partial charge in [-0.05, 0) is 62.4 Å². The molecule has 2 aromatic carbocycles. The first-order valence-electron chi connectivity index (χ1n) is 11.9. The van der Waals surface area contributed by atoms with Crippen molar-refractivity contribution in [2.24, 2.45) is 0 Å². The minimum absolute atomic E-state index is 0. The first kappa shape index (κ1) is 24.8. The van der Waals surface area contributed by atoms with Crippen LogP contribution in [0, 0.1) is 11.3 Å². The van der Waals surface area contributed by atoms with Gasteiger partial charge in [0.15, 0.2) is 5.13 Å². The number of anilines is 2. The maximum Gasteiger partial charge on any atom is 0.263 e. The summed E-state index contributed by atoms with van der Waals surface area (Å²) in [6.45, 7) is 5.77. The van der Waals surface area contributed by atoms with Crippen molar-refractivity contribution in [3.63, 3.8) is 0 Å². The molecule has 192 valence electrons. The van der Waals surface area contributed by atoms with Crippen LogP contribution in [0.3, 0.4) is 0 Å². The lowest BCUT2D eigenvalue weighted by Gasteiger charge is -2.42. The van der Waals surface area contributed by atoms with E-state index < -0.39 is 10.0 Å². The van der Waals surface area contributed by atoms with Crippen molar-refractivity contribution in [2.45, 2.75) is 30.8 Å². The van der Waals surface area contributed by atoms with Gasteiger partial charge >= 0.3 is 0 Å². The van der Waals surface area contributed by atoms with Crippen LogP contribution in [0.25, 0.3) is 10.9 Å². The predicted octanol–water partition coefficient (Wildman–Crippen LogP) is 4.31. The van der Waals surface area contributed by atoms with Crippen LogP contribution in [-0.2, 0) is 14.8 Å². The minimum Gasteiger partial charge on any atom is -0.368 e. The first-order chi connectivity index (χ1) is 17.8. The number of benzene rings is 2. The summed E-state index contributed by atoms with van der Waals surface area (Å²) in [6.07, 6.45) is 3.44. The van der Waals surface area contributed by atoms with E-state index in [0.29, 0.717) is 30.3 Å². The molecule has 1 saturated heterocycles. The highest BCUT2D eigenvalue weighted by Crippen LogP contribution is 2.26. The fourth-order valence-electron chi connectivity index (χ4n) is 4.73. The van der Waals surface area contributed by atoms with Gasteiger partial charge in [-0.3, -0.25) is 9.52 Å². The Kier molecular flexibility index (Phi) is 6.62. The first-order valence-corrected chi connectivity index (χ1v) is 14.2. The van der Waals surface area contributed by atoms with Gasteiger partial charge in [0, 0.05) is 61.5 Å². The number of nitriles is 1. The molecule has 2 aromatic heterocycles. The molecule has 0 aliphatic carbocycles. The zero-order valence-corrected chi connectivity index (χ0v) is 22.0. The highest BCUT2D eigenvalue weighted by atomic mass is 32.2. The van der Waals surface area contributed by atoms with Crippen molar-refractivity contribution in [1.29, 1.82) is 5.26 Å². The molecule has 9 nitrogen and oxygen atoms in total. The lowest BCUT2D eigenvalue weighted by Crippen LogP contribution is -2.55. The molecule has 4 aromatic rings. The lowest BCUT2D eigenvalue weighted by molar-refractivity contribution is -0.136. The summed E-state index contributed by atoms with van der Waals surface area (Å²) in [5.41, 5.74) is 2.42. The average molecular weight is 537 g/mol. The number of aromatic nitrogens is 2. The van der Waals surface area contributed by atoms with Crippen molar-refractivity contribution in [3.05, 3.63) is 71.9 Å². The number of piperazine rings is 1. The Morgan fingerprint density at radius 2 is 2.00 bits per heavy atom. The highest BCUT2D eigenvalue weighted by molar-refractivity contribution is 7.93. The number of nitrogens with one attached hydrogen (secondary N) is 1. The largest absolute Gasteiger partial charge is 0.368 e. The van der Waals surface area contributed by atoms with Gasteiger partial charge in [0.05, 0.1) is 16.5 Å². The molecule has 0 bridgehead atoms. The molecule has 3 heterocycles. The van der Waals surface area contributed by atoms with E-state index in [4.69, 9.17) is 5.26 Å². The molecular formula is C26H28N6O3S2. The Balaban J connectivity index is 0.00000336. The second-order valence-electron chi connectivity index (χ2n) is 9.05. The van der Waals surface area contributed by atoms with Gasteiger partial charge in [0.25, 0.3) is 10.0 Å². The van der Waals surface area contributed by atoms with Crippen molar-refractivity contribution < 1.29 is 14.6 Å². The third-order valence-corrected chi connectivity index (χ3v) is 8.87. The molecule has 5 rings (SSSR count). The summed E-state index contributed by atoms with van der Waals surface area (Å²) in [4.78, 5) is 21.7. The van der Waals surface area contributed by atoms with Gasteiger partial charge in [-0.15, -0.1) is 11.3 Å². The molecule has 0 saturated carbocycles. The second-order valence-corrected chi connectivity index (χ2v) is 11.6. The van der Waals surface area contributed by atoms with Gasteiger partial charge in [-0.2, -0.15) is 5.26 Å². The third-order valence-electron chi connectivity index (χ3n) is 6.70. The smallest absolute Gasteiger partial charge is 0.263 e. The average Bonchev–Trinajstić information content (AvgIpc) is 3.57. The number of thiazole rings is 1. The van der Waals surface area contributed by atoms with Crippen molar-refractivity contribution >= 4 is 49.0 Å². The number of carbonyl (C=O) groups excluding carboxylic acids is 1. The van der Waals surface area contributed by atoms with Crippen LogP contribution >= 0.6 is 11.3 Å². The summed E-state index contributed by atoms with van der Waals surface area (Å²) < 4.78 is 29.7. The van der Waals surface area contributed by atoms with Crippen LogP contribution in [0.15, 0.2) is 71.2 Å². The number of sulfonamides is 1. The number of carbonyl (C=O) groups is 1. The van der Waals surface area contributed by atoms with Crippen molar-refractivity contribution in [2.75, 3.05) is 29.3 Å². The van der Waals surface area contributed by atoms with Gasteiger partial charge < -0.3 is 14.4 Å². The Hall–Kier alpha value is -3.88. The number of amides is 1. The minimum atomic E-state index is -3.70. The summed E-state index contributed by atoms with van der Waals surface area (Å²) in [7, 11) is -3.70. The maximum atomic E-state index is 13.5. The van der Waals surface area contributed by atoms with E-state index >= 15 is 0 Å². The van der Waals surface area contributed by atoms with Crippen LogP contribution in [0.5, 0.6) is 0 Å². The summed E-state index contributed by atoms with van der Waals surface area (Å²) in [5, 5.41) is 12.1. The molecular weight excluding hydrogens is 508 g/mol. The second kappa shape index (κ2) is 9.88. The van der Waals surface area contributed by atoms with E-state index in [1.54, 1.807) is 41.9 Å². The summed E-state index contributed by atoms with van der Waals surface area (Å²) >= 11 is 1.22. The van der Waals surface area contributed by atoms with Crippen LogP contribution in [0.2, 0.25) is 0 Å².